The molecular weight excluding hydrogens is 363 g/mol. The zero-order chi connectivity index (χ0) is 18.4. The Kier molecular flexibility index (Phi) is 6.67. The third kappa shape index (κ3) is 5.37. The van der Waals surface area contributed by atoms with Crippen molar-refractivity contribution in [3.63, 3.8) is 0 Å². The standard InChI is InChI=1S/C18H18Cl2N2O3/c1-11(2)25-16-7-5-13(9-17(16)24-3)18(23)22-21-10-12-4-6-14(19)15(20)8-12/h4-11H,1-3H3,(H,22,23)/b21-10+. The third-order valence-corrected chi connectivity index (χ3v) is 3.85. The van der Waals surface area contributed by atoms with Gasteiger partial charge in [-0.05, 0) is 49.7 Å². The van der Waals surface area contributed by atoms with Crippen molar-refractivity contribution < 1.29 is 14.3 Å². The van der Waals surface area contributed by atoms with Crippen LogP contribution in [0.5, 0.6) is 11.5 Å². The monoisotopic (exact) mass is 380 g/mol. The predicted octanol–water partition coefficient (Wildman–Crippen LogP) is 4.55. The molecule has 25 heavy (non-hydrogen) atoms. The summed E-state index contributed by atoms with van der Waals surface area (Å²) in [6.45, 7) is 3.83. The normalized spacial score (nSPS) is 11.0. The van der Waals surface area contributed by atoms with Crippen LogP contribution < -0.4 is 14.9 Å². The van der Waals surface area contributed by atoms with Crippen molar-refractivity contribution in [2.75, 3.05) is 7.11 Å². The molecule has 0 fully saturated rings. The van der Waals surface area contributed by atoms with Crippen molar-refractivity contribution >= 4 is 35.3 Å². The van der Waals surface area contributed by atoms with Gasteiger partial charge in [0.2, 0.25) is 0 Å². The minimum absolute atomic E-state index is 0.00405. The van der Waals surface area contributed by atoms with Crippen LogP contribution in [0.4, 0.5) is 0 Å². The number of halogens is 2. The minimum Gasteiger partial charge on any atom is -0.493 e. The average molecular weight is 381 g/mol. The van der Waals surface area contributed by atoms with Crippen LogP contribution >= 0.6 is 23.2 Å². The van der Waals surface area contributed by atoms with Gasteiger partial charge in [-0.2, -0.15) is 5.10 Å². The van der Waals surface area contributed by atoms with Gasteiger partial charge in [-0.1, -0.05) is 29.3 Å². The summed E-state index contributed by atoms with van der Waals surface area (Å²) < 4.78 is 10.9. The molecule has 0 unspecified atom stereocenters. The second-order valence-electron chi connectivity index (χ2n) is 5.40. The van der Waals surface area contributed by atoms with Gasteiger partial charge in [0.15, 0.2) is 11.5 Å². The molecule has 0 radical (unpaired) electrons. The molecule has 1 N–H and O–H groups in total. The molecule has 0 aromatic heterocycles. The molecule has 0 bridgehead atoms. The lowest BCUT2D eigenvalue weighted by Gasteiger charge is -2.14. The highest BCUT2D eigenvalue weighted by Crippen LogP contribution is 2.29. The predicted molar refractivity (Wildman–Crippen MR) is 100 cm³/mol. The van der Waals surface area contributed by atoms with Crippen LogP contribution in [0, 0.1) is 0 Å². The van der Waals surface area contributed by atoms with E-state index in [0.29, 0.717) is 32.7 Å². The summed E-state index contributed by atoms with van der Waals surface area (Å²) in [5.41, 5.74) is 3.57. The summed E-state index contributed by atoms with van der Waals surface area (Å²) in [5.74, 6) is 0.689. The summed E-state index contributed by atoms with van der Waals surface area (Å²) >= 11 is 11.8. The van der Waals surface area contributed by atoms with Crippen LogP contribution in [-0.2, 0) is 0 Å². The topological polar surface area (TPSA) is 59.9 Å². The number of methoxy groups -OCH3 is 1. The van der Waals surface area contributed by atoms with Crippen LogP contribution in [0.15, 0.2) is 41.5 Å². The maximum atomic E-state index is 12.2. The van der Waals surface area contributed by atoms with Crippen molar-refractivity contribution in [2.45, 2.75) is 20.0 Å². The van der Waals surface area contributed by atoms with Gasteiger partial charge in [-0.25, -0.2) is 5.43 Å². The lowest BCUT2D eigenvalue weighted by atomic mass is 10.2. The van der Waals surface area contributed by atoms with Gasteiger partial charge in [-0.3, -0.25) is 4.79 Å². The maximum Gasteiger partial charge on any atom is 0.271 e. The summed E-state index contributed by atoms with van der Waals surface area (Å²) in [7, 11) is 1.52. The number of carbonyl (C=O) groups excluding carboxylic acids is 1. The largest absolute Gasteiger partial charge is 0.493 e. The Morgan fingerprint density at radius 2 is 1.88 bits per heavy atom. The van der Waals surface area contributed by atoms with Crippen LogP contribution in [0.25, 0.3) is 0 Å². The zero-order valence-corrected chi connectivity index (χ0v) is 15.6. The van der Waals surface area contributed by atoms with E-state index < -0.39 is 0 Å². The molecule has 1 amide bonds. The Hall–Kier alpha value is -2.24. The van der Waals surface area contributed by atoms with Crippen LogP contribution in [0.2, 0.25) is 10.0 Å². The molecular formula is C18H18Cl2N2O3. The zero-order valence-electron chi connectivity index (χ0n) is 14.0. The van der Waals surface area contributed by atoms with Crippen LogP contribution in [-0.4, -0.2) is 25.3 Å². The summed E-state index contributed by atoms with van der Waals surface area (Å²) in [4.78, 5) is 12.2. The minimum atomic E-state index is -0.370. The molecule has 0 saturated carbocycles. The first-order valence-corrected chi connectivity index (χ1v) is 8.29. The second-order valence-corrected chi connectivity index (χ2v) is 6.22. The van der Waals surface area contributed by atoms with Crippen molar-refractivity contribution in [3.05, 3.63) is 57.6 Å². The van der Waals surface area contributed by atoms with E-state index in [9.17, 15) is 4.79 Å². The fourth-order valence-corrected chi connectivity index (χ4v) is 2.29. The Labute approximate surface area is 156 Å². The molecule has 7 heteroatoms. The number of hydrogen-bond donors (Lipinski definition) is 1. The number of nitrogens with zero attached hydrogens (tertiary/aromatic N) is 1. The summed E-state index contributed by atoms with van der Waals surface area (Å²) in [6, 6.07) is 9.99. The average Bonchev–Trinajstić information content (AvgIpc) is 2.57. The molecule has 132 valence electrons. The van der Waals surface area contributed by atoms with E-state index >= 15 is 0 Å². The van der Waals surface area contributed by atoms with Gasteiger partial charge in [0.25, 0.3) is 5.91 Å². The molecule has 0 spiro atoms. The van der Waals surface area contributed by atoms with Crippen LogP contribution in [0.1, 0.15) is 29.8 Å². The smallest absolute Gasteiger partial charge is 0.271 e. The van der Waals surface area contributed by atoms with Gasteiger partial charge in [0.1, 0.15) is 0 Å². The van der Waals surface area contributed by atoms with Gasteiger partial charge in [0, 0.05) is 5.56 Å². The number of hydrogen-bond acceptors (Lipinski definition) is 4. The molecule has 0 aliphatic rings. The third-order valence-electron chi connectivity index (χ3n) is 3.11. The number of amides is 1. The highest BCUT2D eigenvalue weighted by Gasteiger charge is 2.11. The molecule has 0 atom stereocenters. The molecule has 2 aromatic carbocycles. The molecule has 0 saturated heterocycles. The van der Waals surface area contributed by atoms with Crippen molar-refractivity contribution in [1.29, 1.82) is 0 Å². The van der Waals surface area contributed by atoms with Crippen molar-refractivity contribution in [1.82, 2.24) is 5.43 Å². The number of carbonyl (C=O) groups is 1. The number of nitrogens with one attached hydrogen (secondary N) is 1. The van der Waals surface area contributed by atoms with Gasteiger partial charge in [0.05, 0.1) is 29.5 Å². The second kappa shape index (κ2) is 8.74. The van der Waals surface area contributed by atoms with E-state index in [1.54, 1.807) is 36.4 Å². The van der Waals surface area contributed by atoms with Gasteiger partial charge >= 0.3 is 0 Å². The van der Waals surface area contributed by atoms with E-state index in [1.165, 1.54) is 13.3 Å². The molecule has 5 nitrogen and oxygen atoms in total. The SMILES string of the molecule is COc1cc(C(=O)N/N=C/c2ccc(Cl)c(Cl)c2)ccc1OC(C)C. The Bertz CT molecular complexity index is 792. The number of rotatable bonds is 6. The van der Waals surface area contributed by atoms with Crippen LogP contribution in [0.3, 0.4) is 0 Å². The molecule has 2 rings (SSSR count). The Morgan fingerprint density at radius 1 is 1.12 bits per heavy atom. The Morgan fingerprint density at radius 3 is 2.52 bits per heavy atom. The lowest BCUT2D eigenvalue weighted by Crippen LogP contribution is -2.18. The molecule has 2 aromatic rings. The first-order chi connectivity index (χ1) is 11.9. The van der Waals surface area contributed by atoms with Crippen molar-refractivity contribution in [2.24, 2.45) is 5.10 Å². The first kappa shape index (κ1) is 19.1. The quantitative estimate of drug-likeness (QED) is 0.590. The fourth-order valence-electron chi connectivity index (χ4n) is 1.98. The van der Waals surface area contributed by atoms with E-state index in [4.69, 9.17) is 32.7 Å². The molecule has 0 aliphatic heterocycles. The number of ether oxygens (including phenoxy) is 2. The number of benzene rings is 2. The fraction of sp³-hybridized carbons (Fsp3) is 0.222. The van der Waals surface area contributed by atoms with E-state index in [1.807, 2.05) is 13.8 Å². The lowest BCUT2D eigenvalue weighted by molar-refractivity contribution is 0.0954. The van der Waals surface area contributed by atoms with Gasteiger partial charge in [-0.15, -0.1) is 0 Å². The van der Waals surface area contributed by atoms with Crippen molar-refractivity contribution in [3.8, 4) is 11.5 Å². The maximum absolute atomic E-state index is 12.2. The first-order valence-electron chi connectivity index (χ1n) is 7.54. The van der Waals surface area contributed by atoms with E-state index in [-0.39, 0.29) is 12.0 Å². The molecule has 0 heterocycles. The highest BCUT2D eigenvalue weighted by atomic mass is 35.5. The number of hydrazone groups is 1. The summed E-state index contributed by atoms with van der Waals surface area (Å²) in [6.07, 6.45) is 1.48. The highest BCUT2D eigenvalue weighted by molar-refractivity contribution is 6.42. The molecule has 0 aliphatic carbocycles. The summed E-state index contributed by atoms with van der Waals surface area (Å²) in [5, 5.41) is 4.79. The van der Waals surface area contributed by atoms with Gasteiger partial charge < -0.3 is 9.47 Å². The van der Waals surface area contributed by atoms with E-state index in [0.717, 1.165) is 0 Å². The Balaban J connectivity index is 2.07. The van der Waals surface area contributed by atoms with E-state index in [2.05, 4.69) is 10.5 Å².